The Bertz CT molecular complexity index is 756. The molecule has 2 aromatic rings. The summed E-state index contributed by atoms with van der Waals surface area (Å²) in [7, 11) is 0. The van der Waals surface area contributed by atoms with Crippen LogP contribution in [0.25, 0.3) is 0 Å². The summed E-state index contributed by atoms with van der Waals surface area (Å²) in [6, 6.07) is 12.0. The van der Waals surface area contributed by atoms with Crippen LogP contribution in [0.3, 0.4) is 0 Å². The van der Waals surface area contributed by atoms with Crippen molar-refractivity contribution in [3.63, 3.8) is 0 Å². The maximum Gasteiger partial charge on any atom is 0.221 e. The van der Waals surface area contributed by atoms with Crippen LogP contribution in [0.1, 0.15) is 22.8 Å². The fraction of sp³-hybridized carbons (Fsp3) is 0.176. The molecule has 1 aliphatic rings. The molecular weight excluding hydrogens is 296 g/mol. The molecule has 0 saturated carbocycles. The lowest BCUT2D eigenvalue weighted by Gasteiger charge is -2.31. The molecule has 0 spiro atoms. The molecule has 1 N–H and O–H groups in total. The number of carbonyl (C=O) groups is 2. The highest BCUT2D eigenvalue weighted by Gasteiger charge is 2.18. The minimum Gasteiger partial charge on any atom is -0.545 e. The van der Waals surface area contributed by atoms with Crippen molar-refractivity contribution in [3.05, 3.63) is 53.6 Å². The Kier molecular flexibility index (Phi) is 3.89. The number of amides is 1. The first-order chi connectivity index (χ1) is 11.0. The average Bonchev–Trinajstić information content (AvgIpc) is 2.53. The van der Waals surface area contributed by atoms with Crippen LogP contribution in [0.4, 0.5) is 11.4 Å². The Morgan fingerprint density at radius 1 is 1.17 bits per heavy atom. The third kappa shape index (κ3) is 3.26. The topological polar surface area (TPSA) is 81.7 Å². The minimum absolute atomic E-state index is 0.128. The van der Waals surface area contributed by atoms with Crippen molar-refractivity contribution in [1.82, 2.24) is 0 Å². The number of nitrogens with one attached hydrogen (secondary N) is 1. The fourth-order valence-corrected chi connectivity index (χ4v) is 2.50. The maximum atomic E-state index is 11.1. The molecule has 0 aliphatic carbocycles. The van der Waals surface area contributed by atoms with E-state index in [1.807, 2.05) is 17.0 Å². The van der Waals surface area contributed by atoms with E-state index in [1.165, 1.54) is 19.1 Å². The zero-order chi connectivity index (χ0) is 16.4. The number of hydrogen-bond donors (Lipinski definition) is 1. The smallest absolute Gasteiger partial charge is 0.221 e. The molecule has 0 fully saturated rings. The summed E-state index contributed by atoms with van der Waals surface area (Å²) in [4.78, 5) is 23.9. The van der Waals surface area contributed by atoms with Crippen molar-refractivity contribution in [2.45, 2.75) is 13.5 Å². The standard InChI is InChI=1S/C17H16N2O4/c1-11(20)18-14-4-7-16-13(8-14)9-19(10-23-16)15-5-2-12(3-6-15)17(21)22/h2-8H,9-10H2,1H3,(H,18,20)(H,21,22)/p-1. The molecule has 0 radical (unpaired) electrons. The Morgan fingerprint density at radius 2 is 1.91 bits per heavy atom. The van der Waals surface area contributed by atoms with Crippen molar-refractivity contribution < 1.29 is 19.4 Å². The van der Waals surface area contributed by atoms with Gasteiger partial charge in [0.2, 0.25) is 5.91 Å². The molecule has 6 heteroatoms. The lowest BCUT2D eigenvalue weighted by Crippen LogP contribution is -2.32. The largest absolute Gasteiger partial charge is 0.545 e. The van der Waals surface area contributed by atoms with E-state index in [0.717, 1.165) is 17.0 Å². The number of carbonyl (C=O) groups excluding carboxylic acids is 2. The summed E-state index contributed by atoms with van der Waals surface area (Å²) in [5.41, 5.74) is 2.66. The van der Waals surface area contributed by atoms with Gasteiger partial charge in [-0.1, -0.05) is 12.1 Å². The van der Waals surface area contributed by atoms with Gasteiger partial charge >= 0.3 is 0 Å². The first-order valence-electron chi connectivity index (χ1n) is 7.12. The van der Waals surface area contributed by atoms with Gasteiger partial charge < -0.3 is 24.9 Å². The van der Waals surface area contributed by atoms with Crippen LogP contribution in [0.2, 0.25) is 0 Å². The summed E-state index contributed by atoms with van der Waals surface area (Å²) < 4.78 is 5.71. The van der Waals surface area contributed by atoms with Crippen molar-refractivity contribution in [1.29, 1.82) is 0 Å². The van der Waals surface area contributed by atoms with Gasteiger partial charge in [0, 0.05) is 30.4 Å². The van der Waals surface area contributed by atoms with Crippen LogP contribution in [0, 0.1) is 0 Å². The van der Waals surface area contributed by atoms with Crippen LogP contribution in [-0.4, -0.2) is 18.6 Å². The van der Waals surface area contributed by atoms with Gasteiger partial charge in [-0.25, -0.2) is 0 Å². The Labute approximate surface area is 133 Å². The van der Waals surface area contributed by atoms with Gasteiger partial charge in [-0.2, -0.15) is 0 Å². The normalized spacial score (nSPS) is 13.0. The number of nitrogens with zero attached hydrogens (tertiary/aromatic N) is 1. The van der Waals surface area contributed by atoms with Crippen LogP contribution in [0.5, 0.6) is 5.75 Å². The maximum absolute atomic E-state index is 11.1. The lowest BCUT2D eigenvalue weighted by molar-refractivity contribution is -0.255. The SMILES string of the molecule is CC(=O)Nc1ccc2c(c1)CN(c1ccc(C(=O)[O-])cc1)CO2. The van der Waals surface area contributed by atoms with Gasteiger partial charge in [-0.3, -0.25) is 4.79 Å². The number of aromatic carboxylic acids is 1. The van der Waals surface area contributed by atoms with Crippen molar-refractivity contribution in [2.24, 2.45) is 0 Å². The van der Waals surface area contributed by atoms with E-state index in [0.29, 0.717) is 19.0 Å². The minimum atomic E-state index is -1.20. The van der Waals surface area contributed by atoms with Crippen LogP contribution >= 0.6 is 0 Å². The van der Waals surface area contributed by atoms with E-state index in [1.54, 1.807) is 18.2 Å². The third-order valence-electron chi connectivity index (χ3n) is 3.59. The quantitative estimate of drug-likeness (QED) is 0.925. The van der Waals surface area contributed by atoms with E-state index in [-0.39, 0.29) is 11.5 Å². The number of ether oxygens (including phenoxy) is 1. The molecule has 118 valence electrons. The highest BCUT2D eigenvalue weighted by Crippen LogP contribution is 2.30. The summed E-state index contributed by atoms with van der Waals surface area (Å²) >= 11 is 0. The number of carboxylic acids is 1. The fourth-order valence-electron chi connectivity index (χ4n) is 2.50. The van der Waals surface area contributed by atoms with Crippen LogP contribution < -0.4 is 20.1 Å². The third-order valence-corrected chi connectivity index (χ3v) is 3.59. The molecule has 2 aromatic carbocycles. The lowest BCUT2D eigenvalue weighted by atomic mass is 10.1. The second-order valence-corrected chi connectivity index (χ2v) is 5.31. The number of anilines is 2. The van der Waals surface area contributed by atoms with Gasteiger partial charge in [0.25, 0.3) is 0 Å². The highest BCUT2D eigenvalue weighted by atomic mass is 16.5. The monoisotopic (exact) mass is 311 g/mol. The second-order valence-electron chi connectivity index (χ2n) is 5.31. The molecule has 1 amide bonds. The molecule has 6 nitrogen and oxygen atoms in total. The van der Waals surface area contributed by atoms with Crippen molar-refractivity contribution in [3.8, 4) is 5.75 Å². The molecule has 0 atom stereocenters. The Hall–Kier alpha value is -3.02. The molecule has 23 heavy (non-hydrogen) atoms. The molecular formula is C17H15N2O4-. The van der Waals surface area contributed by atoms with Crippen molar-refractivity contribution in [2.75, 3.05) is 16.9 Å². The molecule has 0 bridgehead atoms. The highest BCUT2D eigenvalue weighted by molar-refractivity contribution is 5.89. The van der Waals surface area contributed by atoms with E-state index in [4.69, 9.17) is 4.74 Å². The van der Waals surface area contributed by atoms with E-state index in [9.17, 15) is 14.7 Å². The number of rotatable bonds is 3. The van der Waals surface area contributed by atoms with E-state index < -0.39 is 5.97 Å². The van der Waals surface area contributed by atoms with Gasteiger partial charge in [-0.15, -0.1) is 0 Å². The van der Waals surface area contributed by atoms with E-state index >= 15 is 0 Å². The van der Waals surface area contributed by atoms with Crippen molar-refractivity contribution >= 4 is 23.3 Å². The number of fused-ring (bicyclic) bond motifs is 1. The number of benzene rings is 2. The average molecular weight is 311 g/mol. The molecule has 1 aliphatic heterocycles. The van der Waals surface area contributed by atoms with Gasteiger partial charge in [0.15, 0.2) is 6.73 Å². The van der Waals surface area contributed by atoms with Gasteiger partial charge in [-0.05, 0) is 35.9 Å². The predicted molar refractivity (Wildman–Crippen MR) is 83.2 cm³/mol. The Morgan fingerprint density at radius 3 is 2.57 bits per heavy atom. The predicted octanol–water partition coefficient (Wildman–Crippen LogP) is 1.36. The first-order valence-corrected chi connectivity index (χ1v) is 7.12. The molecule has 3 rings (SSSR count). The summed E-state index contributed by atoms with van der Waals surface area (Å²) in [6.45, 7) is 2.44. The van der Waals surface area contributed by atoms with Gasteiger partial charge in [0.1, 0.15) is 5.75 Å². The second kappa shape index (κ2) is 6.00. The zero-order valence-corrected chi connectivity index (χ0v) is 12.5. The summed E-state index contributed by atoms with van der Waals surface area (Å²) in [5, 5.41) is 13.5. The van der Waals surface area contributed by atoms with Crippen LogP contribution in [-0.2, 0) is 11.3 Å². The molecule has 0 unspecified atom stereocenters. The molecule has 0 aromatic heterocycles. The first kappa shape index (κ1) is 14.9. The Balaban J connectivity index is 1.81. The molecule has 1 heterocycles. The summed E-state index contributed by atoms with van der Waals surface area (Å²) in [5.74, 6) is -0.546. The van der Waals surface area contributed by atoms with Crippen LogP contribution in [0.15, 0.2) is 42.5 Å². The summed E-state index contributed by atoms with van der Waals surface area (Å²) in [6.07, 6.45) is 0. The number of hydrogen-bond acceptors (Lipinski definition) is 5. The van der Waals surface area contributed by atoms with Gasteiger partial charge in [0.05, 0.1) is 5.97 Å². The van der Waals surface area contributed by atoms with E-state index in [2.05, 4.69) is 5.32 Å². The number of carboxylic acid groups (broad SMARTS) is 1. The molecule has 0 saturated heterocycles. The zero-order valence-electron chi connectivity index (χ0n) is 12.5.